The van der Waals surface area contributed by atoms with Gasteiger partial charge in [0.25, 0.3) is 0 Å². The minimum Gasteiger partial charge on any atom is -0.757 e. The van der Waals surface area contributed by atoms with E-state index in [0.29, 0.717) is 0 Å². The fourth-order valence-corrected chi connectivity index (χ4v) is 1.32. The molecule has 0 saturated carbocycles. The molecule has 1 atom stereocenters. The van der Waals surface area contributed by atoms with Crippen molar-refractivity contribution in [1.29, 1.82) is 0 Å². The van der Waals surface area contributed by atoms with Crippen LogP contribution >= 0.6 is 0 Å². The highest BCUT2D eigenvalue weighted by Gasteiger charge is 2.17. The first-order valence-corrected chi connectivity index (χ1v) is 3.96. The topological polar surface area (TPSA) is 18.5 Å². The number of hydrogen-bond donors (Lipinski definition) is 1. The molecule has 0 bridgehead atoms. The van der Waals surface area contributed by atoms with Crippen molar-refractivity contribution in [2.45, 2.75) is 18.8 Å². The monoisotopic (exact) mass is 159 g/mol. The molecule has 1 aliphatic rings. The largest absolute Gasteiger partial charge is 0.757 e. The molecular weight excluding hydrogens is 146 g/mol. The van der Waals surface area contributed by atoms with E-state index in [9.17, 15) is 0 Å². The Morgan fingerprint density at radius 3 is 2.80 bits per heavy atom. The van der Waals surface area contributed by atoms with Gasteiger partial charge < -0.3 is 12.6 Å². The van der Waals surface area contributed by atoms with Crippen LogP contribution in [0.25, 0.3) is 0 Å². The summed E-state index contributed by atoms with van der Waals surface area (Å²) >= 11 is 5.11. The number of nitrogens with zero attached hydrogens (tertiary/aromatic N) is 2. The molecule has 4 heteroatoms. The van der Waals surface area contributed by atoms with Crippen molar-refractivity contribution in [3.63, 3.8) is 0 Å². The van der Waals surface area contributed by atoms with Crippen molar-refractivity contribution in [3.8, 4) is 0 Å². The normalized spacial score (nSPS) is 29.7. The summed E-state index contributed by atoms with van der Waals surface area (Å²) in [4.78, 5) is 2.11. The van der Waals surface area contributed by atoms with E-state index in [0.717, 1.165) is 13.0 Å². The van der Waals surface area contributed by atoms with Crippen LogP contribution < -0.4 is 5.43 Å². The Hall–Kier alpha value is 0.230. The first kappa shape index (κ1) is 8.33. The van der Waals surface area contributed by atoms with Gasteiger partial charge in [0.1, 0.15) is 6.67 Å². The lowest BCUT2D eigenvalue weighted by atomic mass is 10.4. The molecular formula is C6H13N3S-. The first-order chi connectivity index (χ1) is 4.74. The van der Waals surface area contributed by atoms with Crippen LogP contribution in [0.4, 0.5) is 0 Å². The third kappa shape index (κ3) is 1.85. The van der Waals surface area contributed by atoms with Crippen LogP contribution in [0.15, 0.2) is 0 Å². The van der Waals surface area contributed by atoms with Crippen molar-refractivity contribution in [2.75, 3.05) is 13.6 Å². The van der Waals surface area contributed by atoms with Crippen molar-refractivity contribution in [1.82, 2.24) is 15.3 Å². The summed E-state index contributed by atoms with van der Waals surface area (Å²) in [6.07, 6.45) is 1.14. The number of hydrazine groups is 1. The average Bonchev–Trinajstić information content (AvgIpc) is 2.13. The van der Waals surface area contributed by atoms with Crippen LogP contribution in [0.2, 0.25) is 0 Å². The second-order valence-corrected chi connectivity index (χ2v) is 2.89. The van der Waals surface area contributed by atoms with Crippen LogP contribution in [0.1, 0.15) is 13.3 Å². The van der Waals surface area contributed by atoms with Crippen LogP contribution in [0.5, 0.6) is 0 Å². The van der Waals surface area contributed by atoms with Gasteiger partial charge in [-0.3, -0.25) is 10.3 Å². The number of nitrogens with one attached hydrogen (secondary N) is 1. The SMILES string of the molecule is CCCN1[CH]N(C)NC1[S-]. The van der Waals surface area contributed by atoms with Crippen molar-refractivity contribution in [2.24, 2.45) is 0 Å². The molecule has 0 amide bonds. The highest BCUT2D eigenvalue weighted by molar-refractivity contribution is 7.59. The molecule has 0 aliphatic carbocycles. The molecule has 0 aromatic heterocycles. The van der Waals surface area contributed by atoms with E-state index in [1.807, 2.05) is 18.7 Å². The lowest BCUT2D eigenvalue weighted by Crippen LogP contribution is -2.34. The third-order valence-corrected chi connectivity index (χ3v) is 1.79. The minimum atomic E-state index is 0.0462. The molecule has 1 fully saturated rings. The molecule has 1 aliphatic heterocycles. The summed E-state index contributed by atoms with van der Waals surface area (Å²) in [5, 5.41) is 1.90. The lowest BCUT2D eigenvalue weighted by molar-refractivity contribution is 0.338. The van der Waals surface area contributed by atoms with E-state index in [1.165, 1.54) is 0 Å². The van der Waals surface area contributed by atoms with Gasteiger partial charge in [0.15, 0.2) is 0 Å². The van der Waals surface area contributed by atoms with E-state index in [1.54, 1.807) is 0 Å². The maximum atomic E-state index is 5.11. The summed E-state index contributed by atoms with van der Waals surface area (Å²) in [6, 6.07) is 0. The zero-order valence-corrected chi connectivity index (χ0v) is 7.19. The molecule has 0 spiro atoms. The summed E-state index contributed by atoms with van der Waals surface area (Å²) in [6.45, 7) is 5.18. The Morgan fingerprint density at radius 1 is 1.70 bits per heavy atom. The minimum absolute atomic E-state index is 0.0462. The molecule has 1 heterocycles. The van der Waals surface area contributed by atoms with E-state index in [-0.39, 0.29) is 5.50 Å². The fourth-order valence-electron chi connectivity index (χ4n) is 0.998. The molecule has 0 aromatic carbocycles. The van der Waals surface area contributed by atoms with Crippen molar-refractivity contribution < 1.29 is 0 Å². The Labute approximate surface area is 67.8 Å². The van der Waals surface area contributed by atoms with Crippen LogP contribution in [-0.4, -0.2) is 29.0 Å². The van der Waals surface area contributed by atoms with Gasteiger partial charge in [-0.05, 0) is 18.5 Å². The highest BCUT2D eigenvalue weighted by atomic mass is 32.1. The summed E-state index contributed by atoms with van der Waals surface area (Å²) < 4.78 is 0. The van der Waals surface area contributed by atoms with Crippen LogP contribution in [0, 0.1) is 6.67 Å². The van der Waals surface area contributed by atoms with E-state index in [4.69, 9.17) is 12.6 Å². The van der Waals surface area contributed by atoms with Crippen LogP contribution in [0.3, 0.4) is 0 Å². The van der Waals surface area contributed by atoms with Gasteiger partial charge in [0, 0.05) is 7.05 Å². The van der Waals surface area contributed by atoms with Crippen molar-refractivity contribution in [3.05, 3.63) is 6.67 Å². The maximum absolute atomic E-state index is 5.11. The molecule has 3 nitrogen and oxygen atoms in total. The van der Waals surface area contributed by atoms with Gasteiger partial charge in [0.2, 0.25) is 0 Å². The van der Waals surface area contributed by atoms with Gasteiger partial charge in [-0.2, -0.15) is 0 Å². The van der Waals surface area contributed by atoms with Gasteiger partial charge in [-0.25, -0.2) is 5.01 Å². The maximum Gasteiger partial charge on any atom is 0.106 e. The van der Waals surface area contributed by atoms with E-state index >= 15 is 0 Å². The van der Waals surface area contributed by atoms with Crippen molar-refractivity contribution >= 4 is 12.6 Å². The standard InChI is InChI=1S/C6H14N3S/c1-3-4-9-5-8(2)7-6(9)10/h5-7,10H,3-4H2,1-2H3/p-1. The predicted molar refractivity (Wildman–Crippen MR) is 43.3 cm³/mol. The Morgan fingerprint density at radius 2 is 2.40 bits per heavy atom. The van der Waals surface area contributed by atoms with Gasteiger partial charge in [-0.15, -0.1) is 0 Å². The smallest absolute Gasteiger partial charge is 0.106 e. The first-order valence-electron chi connectivity index (χ1n) is 3.49. The Bertz CT molecular complexity index is 109. The molecule has 1 N–H and O–H groups in total. The lowest BCUT2D eigenvalue weighted by Gasteiger charge is -2.26. The molecule has 10 heavy (non-hydrogen) atoms. The van der Waals surface area contributed by atoms with Gasteiger partial charge in [0.05, 0.1) is 0 Å². The average molecular weight is 159 g/mol. The predicted octanol–water partition coefficient (Wildman–Crippen LogP) is 0.0982. The molecule has 1 unspecified atom stereocenters. The second kappa shape index (κ2) is 3.57. The molecule has 59 valence electrons. The van der Waals surface area contributed by atoms with Gasteiger partial charge in [-0.1, -0.05) is 6.92 Å². The summed E-state index contributed by atoms with van der Waals surface area (Å²) in [7, 11) is 1.95. The van der Waals surface area contributed by atoms with Crippen LogP contribution in [-0.2, 0) is 12.6 Å². The number of hydrogen-bond acceptors (Lipinski definition) is 4. The van der Waals surface area contributed by atoms with Gasteiger partial charge >= 0.3 is 0 Å². The third-order valence-electron chi connectivity index (χ3n) is 1.42. The summed E-state index contributed by atoms with van der Waals surface area (Å²) in [5.74, 6) is 0. The molecule has 0 aromatic rings. The molecule has 1 radical (unpaired) electrons. The Balaban J connectivity index is 2.31. The second-order valence-electron chi connectivity index (χ2n) is 2.45. The molecule has 1 rings (SSSR count). The fraction of sp³-hybridized carbons (Fsp3) is 0.833. The zero-order valence-electron chi connectivity index (χ0n) is 6.37. The zero-order chi connectivity index (χ0) is 7.56. The Kier molecular flexibility index (Phi) is 2.97. The number of rotatable bonds is 2. The quantitative estimate of drug-likeness (QED) is 0.576. The highest BCUT2D eigenvalue weighted by Crippen LogP contribution is 2.08. The van der Waals surface area contributed by atoms with E-state index in [2.05, 4.69) is 17.2 Å². The van der Waals surface area contributed by atoms with E-state index < -0.39 is 0 Å². The summed E-state index contributed by atoms with van der Waals surface area (Å²) in [5.41, 5.74) is 3.12. The molecule has 1 saturated heterocycles.